The molecule has 0 amide bonds. The van der Waals surface area contributed by atoms with Gasteiger partial charge in [-0.2, -0.15) is 0 Å². The molecule has 0 aliphatic carbocycles. The number of hydrogen-bond donors (Lipinski definition) is 3. The predicted octanol–water partition coefficient (Wildman–Crippen LogP) is 0.231. The lowest BCUT2D eigenvalue weighted by molar-refractivity contribution is 0.292. The predicted molar refractivity (Wildman–Crippen MR) is 45.1 cm³/mol. The number of nitrogens with one attached hydrogen (secondary N) is 2. The second-order valence-corrected chi connectivity index (χ2v) is 2.91. The minimum absolute atomic E-state index is 0.0588. The van der Waals surface area contributed by atoms with Crippen molar-refractivity contribution in [1.82, 2.24) is 4.98 Å². The quantitative estimate of drug-likeness (QED) is 0.572. The molecule has 0 aliphatic rings. The van der Waals surface area contributed by atoms with Crippen LogP contribution in [0.3, 0.4) is 0 Å². The van der Waals surface area contributed by atoms with Gasteiger partial charge < -0.3 is 10.4 Å². The van der Waals surface area contributed by atoms with Crippen LogP contribution >= 0.6 is 11.3 Å². The summed E-state index contributed by atoms with van der Waals surface area (Å²) in [7, 11) is 0. The first kappa shape index (κ1) is 8.29. The number of rotatable bonds is 4. The van der Waals surface area contributed by atoms with Crippen LogP contribution < -0.4 is 10.2 Å². The molecule has 0 fully saturated rings. The molecule has 0 saturated heterocycles. The van der Waals surface area contributed by atoms with Gasteiger partial charge in [0, 0.05) is 18.5 Å². The van der Waals surface area contributed by atoms with E-state index in [1.807, 2.05) is 0 Å². The highest BCUT2D eigenvalue weighted by molar-refractivity contribution is 7.07. The van der Waals surface area contributed by atoms with Crippen LogP contribution in [0.4, 0.5) is 5.82 Å². The highest BCUT2D eigenvalue weighted by Crippen LogP contribution is 2.00. The molecule has 5 heteroatoms. The lowest BCUT2D eigenvalue weighted by Crippen LogP contribution is -2.05. The largest absolute Gasteiger partial charge is 0.396 e. The van der Waals surface area contributed by atoms with E-state index in [1.54, 1.807) is 5.38 Å². The topological polar surface area (TPSA) is 65.1 Å². The molecule has 1 rings (SSSR count). The summed E-state index contributed by atoms with van der Waals surface area (Å²) in [5, 5.41) is 13.1. The Labute approximate surface area is 67.9 Å². The standard InChI is InChI=1S/C6H10N2O2S/c9-3-1-2-7-5-4-11-6(10)8-5/h4,7,9H,1-3H2,(H,8,10). The zero-order chi connectivity index (χ0) is 8.10. The maximum absolute atomic E-state index is 10.6. The normalized spacial score (nSPS) is 9.91. The SMILES string of the molecule is O=c1[nH]c(NCCCO)cs1. The number of H-pyrrole nitrogens is 1. The highest BCUT2D eigenvalue weighted by Gasteiger charge is 1.92. The summed E-state index contributed by atoms with van der Waals surface area (Å²) >= 11 is 1.13. The van der Waals surface area contributed by atoms with Gasteiger partial charge in [-0.05, 0) is 6.42 Å². The average Bonchev–Trinajstić information content (AvgIpc) is 2.37. The van der Waals surface area contributed by atoms with Crippen molar-refractivity contribution in [2.75, 3.05) is 18.5 Å². The van der Waals surface area contributed by atoms with Gasteiger partial charge in [-0.1, -0.05) is 11.3 Å². The van der Waals surface area contributed by atoms with E-state index >= 15 is 0 Å². The van der Waals surface area contributed by atoms with Crippen molar-refractivity contribution < 1.29 is 5.11 Å². The number of aliphatic hydroxyl groups is 1. The minimum Gasteiger partial charge on any atom is -0.396 e. The molecule has 0 radical (unpaired) electrons. The minimum atomic E-state index is -0.0588. The Balaban J connectivity index is 2.33. The highest BCUT2D eigenvalue weighted by atomic mass is 32.1. The first-order valence-electron chi connectivity index (χ1n) is 3.35. The van der Waals surface area contributed by atoms with Gasteiger partial charge in [0.15, 0.2) is 0 Å². The van der Waals surface area contributed by atoms with E-state index in [2.05, 4.69) is 10.3 Å². The second kappa shape index (κ2) is 4.15. The lowest BCUT2D eigenvalue weighted by atomic mass is 10.4. The van der Waals surface area contributed by atoms with Crippen molar-refractivity contribution in [2.45, 2.75) is 6.42 Å². The molecule has 0 bridgehead atoms. The van der Waals surface area contributed by atoms with Crippen molar-refractivity contribution in [3.05, 3.63) is 15.0 Å². The van der Waals surface area contributed by atoms with E-state index < -0.39 is 0 Å². The molecule has 1 aromatic rings. The fourth-order valence-corrected chi connectivity index (χ4v) is 1.21. The zero-order valence-electron chi connectivity index (χ0n) is 5.96. The number of aromatic nitrogens is 1. The molecule has 0 aliphatic heterocycles. The summed E-state index contributed by atoms with van der Waals surface area (Å²) < 4.78 is 0. The van der Waals surface area contributed by atoms with Crippen LogP contribution in [0.2, 0.25) is 0 Å². The smallest absolute Gasteiger partial charge is 0.306 e. The van der Waals surface area contributed by atoms with E-state index in [0.717, 1.165) is 17.2 Å². The molecule has 0 aromatic carbocycles. The van der Waals surface area contributed by atoms with Crippen LogP contribution in [0.5, 0.6) is 0 Å². The van der Waals surface area contributed by atoms with Gasteiger partial charge >= 0.3 is 4.87 Å². The Morgan fingerprint density at radius 2 is 2.55 bits per heavy atom. The molecule has 0 saturated carbocycles. The molecule has 1 aromatic heterocycles. The Bertz CT molecular complexity index is 255. The van der Waals surface area contributed by atoms with Crippen molar-refractivity contribution in [2.24, 2.45) is 0 Å². The van der Waals surface area contributed by atoms with Gasteiger partial charge in [0.2, 0.25) is 0 Å². The zero-order valence-corrected chi connectivity index (χ0v) is 6.78. The maximum Gasteiger partial charge on any atom is 0.306 e. The molecule has 11 heavy (non-hydrogen) atoms. The molecule has 0 unspecified atom stereocenters. The van der Waals surface area contributed by atoms with Crippen LogP contribution in [0.25, 0.3) is 0 Å². The summed E-state index contributed by atoms with van der Waals surface area (Å²) in [6.45, 7) is 0.852. The number of anilines is 1. The van der Waals surface area contributed by atoms with Gasteiger partial charge in [-0.15, -0.1) is 0 Å². The number of aromatic amines is 1. The van der Waals surface area contributed by atoms with Crippen molar-refractivity contribution >= 4 is 17.2 Å². The molecule has 3 N–H and O–H groups in total. The third kappa shape index (κ3) is 2.73. The molecule has 1 heterocycles. The first-order valence-corrected chi connectivity index (χ1v) is 4.23. The van der Waals surface area contributed by atoms with Crippen molar-refractivity contribution in [3.8, 4) is 0 Å². The first-order chi connectivity index (χ1) is 5.33. The Morgan fingerprint density at radius 3 is 3.09 bits per heavy atom. The number of thiazole rings is 1. The summed E-state index contributed by atoms with van der Waals surface area (Å²) in [5.41, 5.74) is 0. The molecule has 0 spiro atoms. The van der Waals surface area contributed by atoms with Crippen LogP contribution in [-0.2, 0) is 0 Å². The van der Waals surface area contributed by atoms with Crippen molar-refractivity contribution in [3.63, 3.8) is 0 Å². The second-order valence-electron chi connectivity index (χ2n) is 2.07. The van der Waals surface area contributed by atoms with E-state index in [-0.39, 0.29) is 11.5 Å². The van der Waals surface area contributed by atoms with Crippen LogP contribution in [-0.4, -0.2) is 23.2 Å². The molecule has 62 valence electrons. The summed E-state index contributed by atoms with van der Waals surface area (Å²) in [4.78, 5) is 13.1. The van der Waals surface area contributed by atoms with Gasteiger partial charge in [-0.3, -0.25) is 9.78 Å². The lowest BCUT2D eigenvalue weighted by Gasteiger charge is -1.99. The fourth-order valence-electron chi connectivity index (χ4n) is 0.669. The third-order valence-electron chi connectivity index (χ3n) is 1.17. The fraction of sp³-hybridized carbons (Fsp3) is 0.500. The molecular formula is C6H10N2O2S. The van der Waals surface area contributed by atoms with Gasteiger partial charge in [-0.25, -0.2) is 0 Å². The summed E-state index contributed by atoms with van der Waals surface area (Å²) in [6, 6.07) is 0. The Kier molecular flexibility index (Phi) is 3.13. The van der Waals surface area contributed by atoms with E-state index in [4.69, 9.17) is 5.11 Å². The van der Waals surface area contributed by atoms with Gasteiger partial charge in [0.1, 0.15) is 5.82 Å². The summed E-state index contributed by atoms with van der Waals surface area (Å²) in [6.07, 6.45) is 0.692. The molecule has 0 atom stereocenters. The van der Waals surface area contributed by atoms with Crippen LogP contribution in [0.15, 0.2) is 10.2 Å². The third-order valence-corrected chi connectivity index (χ3v) is 1.84. The molecular weight excluding hydrogens is 164 g/mol. The van der Waals surface area contributed by atoms with Crippen LogP contribution in [0, 0.1) is 0 Å². The van der Waals surface area contributed by atoms with Gasteiger partial charge in [0.25, 0.3) is 0 Å². The van der Waals surface area contributed by atoms with Crippen molar-refractivity contribution in [1.29, 1.82) is 0 Å². The number of aliphatic hydroxyl groups excluding tert-OH is 1. The monoisotopic (exact) mass is 174 g/mol. The van der Waals surface area contributed by atoms with E-state index in [0.29, 0.717) is 13.0 Å². The number of hydrogen-bond acceptors (Lipinski definition) is 4. The van der Waals surface area contributed by atoms with E-state index in [9.17, 15) is 4.79 Å². The van der Waals surface area contributed by atoms with Gasteiger partial charge in [0.05, 0.1) is 0 Å². The maximum atomic E-state index is 10.6. The molecule has 4 nitrogen and oxygen atoms in total. The van der Waals surface area contributed by atoms with Crippen LogP contribution in [0.1, 0.15) is 6.42 Å². The average molecular weight is 174 g/mol. The Hall–Kier alpha value is -0.810. The summed E-state index contributed by atoms with van der Waals surface area (Å²) in [5.74, 6) is 0.730. The van der Waals surface area contributed by atoms with E-state index in [1.165, 1.54) is 0 Å². The Morgan fingerprint density at radius 1 is 1.73 bits per heavy atom.